The third-order valence-corrected chi connectivity index (χ3v) is 3.13. The summed E-state index contributed by atoms with van der Waals surface area (Å²) in [5.74, 6) is -0.123. The number of ether oxygens (including phenoxy) is 1. The molecule has 0 N–H and O–H groups in total. The average molecular weight is 204 g/mol. The zero-order valence-electron chi connectivity index (χ0n) is 9.16. The first-order chi connectivity index (χ1) is 5.93. The molecule has 0 aromatic carbocycles. The summed E-state index contributed by atoms with van der Waals surface area (Å²) in [5, 5.41) is 0. The van der Waals surface area contributed by atoms with E-state index in [9.17, 15) is 4.79 Å². The number of carbonyl (C=O) groups is 1. The summed E-state index contributed by atoms with van der Waals surface area (Å²) in [4.78, 5) is 11.3. The first-order valence-electron chi connectivity index (χ1n) is 4.75. The SMILES string of the molecule is CC(C)O[SiH2]C(C)C(=O)OC(C)C. The van der Waals surface area contributed by atoms with Gasteiger partial charge in [-0.3, -0.25) is 4.79 Å². The van der Waals surface area contributed by atoms with Crippen LogP contribution in [0.15, 0.2) is 0 Å². The first-order valence-corrected chi connectivity index (χ1v) is 6.15. The molecule has 0 heterocycles. The van der Waals surface area contributed by atoms with Gasteiger partial charge in [0.25, 0.3) is 0 Å². The Bertz CT molecular complexity index is 157. The molecule has 0 saturated carbocycles. The number of carbonyl (C=O) groups excluding carboxylic acids is 1. The number of esters is 1. The van der Waals surface area contributed by atoms with Crippen molar-refractivity contribution < 1.29 is 14.0 Å². The fraction of sp³-hybridized carbons (Fsp3) is 0.889. The lowest BCUT2D eigenvalue weighted by molar-refractivity contribution is -0.147. The average Bonchev–Trinajstić information content (AvgIpc) is 1.98. The maximum atomic E-state index is 11.3. The topological polar surface area (TPSA) is 35.5 Å². The van der Waals surface area contributed by atoms with Gasteiger partial charge in [0, 0.05) is 6.10 Å². The summed E-state index contributed by atoms with van der Waals surface area (Å²) in [6.07, 6.45) is 0.198. The molecule has 0 aliphatic rings. The zero-order chi connectivity index (χ0) is 10.4. The molecule has 0 aromatic heterocycles. The van der Waals surface area contributed by atoms with E-state index in [1.807, 2.05) is 34.6 Å². The quantitative estimate of drug-likeness (QED) is 0.499. The molecule has 13 heavy (non-hydrogen) atoms. The summed E-state index contributed by atoms with van der Waals surface area (Å²) in [5.41, 5.74) is -0.0372. The molecule has 3 nitrogen and oxygen atoms in total. The third-order valence-electron chi connectivity index (χ3n) is 1.43. The Hall–Kier alpha value is -0.353. The molecule has 0 aliphatic heterocycles. The van der Waals surface area contributed by atoms with Crippen molar-refractivity contribution in [3.05, 3.63) is 0 Å². The van der Waals surface area contributed by atoms with Gasteiger partial charge in [0.1, 0.15) is 0 Å². The Morgan fingerprint density at radius 1 is 1.08 bits per heavy atom. The van der Waals surface area contributed by atoms with E-state index in [0.717, 1.165) is 0 Å². The van der Waals surface area contributed by atoms with Gasteiger partial charge in [-0.15, -0.1) is 0 Å². The van der Waals surface area contributed by atoms with Gasteiger partial charge in [0.15, 0.2) is 9.76 Å². The van der Waals surface area contributed by atoms with Gasteiger partial charge in [-0.25, -0.2) is 0 Å². The predicted octanol–water partition coefficient (Wildman–Crippen LogP) is 1.26. The molecule has 1 atom stereocenters. The lowest BCUT2D eigenvalue weighted by Gasteiger charge is -2.14. The Labute approximate surface area is 82.7 Å². The highest BCUT2D eigenvalue weighted by molar-refractivity contribution is 6.36. The zero-order valence-corrected chi connectivity index (χ0v) is 10.6. The molecule has 0 aliphatic carbocycles. The van der Waals surface area contributed by atoms with E-state index in [1.54, 1.807) is 0 Å². The first kappa shape index (κ1) is 12.6. The van der Waals surface area contributed by atoms with Crippen molar-refractivity contribution in [1.82, 2.24) is 0 Å². The highest BCUT2D eigenvalue weighted by Crippen LogP contribution is 2.07. The lowest BCUT2D eigenvalue weighted by atomic mass is 10.4. The summed E-state index contributed by atoms with van der Waals surface area (Å²) >= 11 is 0. The van der Waals surface area contributed by atoms with Gasteiger partial charge >= 0.3 is 5.97 Å². The van der Waals surface area contributed by atoms with E-state index in [-0.39, 0.29) is 23.7 Å². The minimum absolute atomic E-state index is 0.0250. The van der Waals surface area contributed by atoms with Gasteiger partial charge < -0.3 is 9.16 Å². The molecule has 0 amide bonds. The van der Waals surface area contributed by atoms with Crippen LogP contribution in [0.4, 0.5) is 0 Å². The van der Waals surface area contributed by atoms with E-state index < -0.39 is 9.76 Å². The molecule has 1 unspecified atom stereocenters. The van der Waals surface area contributed by atoms with Crippen LogP contribution in [-0.2, 0) is 14.0 Å². The highest BCUT2D eigenvalue weighted by atomic mass is 28.2. The second kappa shape index (κ2) is 6.15. The van der Waals surface area contributed by atoms with Crippen LogP contribution in [-0.4, -0.2) is 27.9 Å². The van der Waals surface area contributed by atoms with E-state index in [2.05, 4.69) is 0 Å². The molecule has 4 heteroatoms. The van der Waals surface area contributed by atoms with Crippen molar-refractivity contribution in [3.8, 4) is 0 Å². The fourth-order valence-electron chi connectivity index (χ4n) is 0.753. The van der Waals surface area contributed by atoms with Crippen LogP contribution in [0.3, 0.4) is 0 Å². The monoisotopic (exact) mass is 204 g/mol. The van der Waals surface area contributed by atoms with Gasteiger partial charge in [0.05, 0.1) is 11.6 Å². The van der Waals surface area contributed by atoms with Crippen LogP contribution in [0.1, 0.15) is 34.6 Å². The van der Waals surface area contributed by atoms with Gasteiger partial charge in [0.2, 0.25) is 0 Å². The Morgan fingerprint density at radius 3 is 2.00 bits per heavy atom. The van der Waals surface area contributed by atoms with Crippen molar-refractivity contribution in [1.29, 1.82) is 0 Å². The minimum atomic E-state index is -0.777. The Kier molecular flexibility index (Phi) is 5.99. The molecule has 0 aromatic rings. The minimum Gasteiger partial charge on any atom is -0.463 e. The maximum absolute atomic E-state index is 11.3. The molecular formula is C9H20O3Si. The van der Waals surface area contributed by atoms with E-state index in [1.165, 1.54) is 0 Å². The predicted molar refractivity (Wildman–Crippen MR) is 55.4 cm³/mol. The second-order valence-corrected chi connectivity index (χ2v) is 5.66. The van der Waals surface area contributed by atoms with Gasteiger partial charge in [-0.2, -0.15) is 0 Å². The van der Waals surface area contributed by atoms with Crippen molar-refractivity contribution in [2.24, 2.45) is 0 Å². The van der Waals surface area contributed by atoms with E-state index in [4.69, 9.17) is 9.16 Å². The summed E-state index contributed by atoms with van der Waals surface area (Å²) in [6.45, 7) is 9.55. The van der Waals surface area contributed by atoms with Crippen molar-refractivity contribution in [3.63, 3.8) is 0 Å². The third kappa shape index (κ3) is 6.78. The molecular weight excluding hydrogens is 184 g/mol. The summed E-state index contributed by atoms with van der Waals surface area (Å²) in [6, 6.07) is 0. The highest BCUT2D eigenvalue weighted by Gasteiger charge is 2.17. The Morgan fingerprint density at radius 2 is 1.62 bits per heavy atom. The molecule has 0 radical (unpaired) electrons. The fourth-order valence-corrected chi connectivity index (χ4v) is 1.66. The summed E-state index contributed by atoms with van der Waals surface area (Å²) in [7, 11) is -0.777. The van der Waals surface area contributed by atoms with Crippen LogP contribution >= 0.6 is 0 Å². The molecule has 78 valence electrons. The molecule has 0 fully saturated rings. The second-order valence-electron chi connectivity index (χ2n) is 3.77. The van der Waals surface area contributed by atoms with E-state index >= 15 is 0 Å². The smallest absolute Gasteiger partial charge is 0.307 e. The molecule has 0 spiro atoms. The Balaban J connectivity index is 3.69. The van der Waals surface area contributed by atoms with Gasteiger partial charge in [-0.05, 0) is 27.7 Å². The maximum Gasteiger partial charge on any atom is 0.307 e. The van der Waals surface area contributed by atoms with Crippen LogP contribution in [0.2, 0.25) is 5.54 Å². The van der Waals surface area contributed by atoms with Crippen LogP contribution in [0.5, 0.6) is 0 Å². The van der Waals surface area contributed by atoms with Crippen molar-refractivity contribution in [2.75, 3.05) is 0 Å². The number of hydrogen-bond donors (Lipinski definition) is 0. The largest absolute Gasteiger partial charge is 0.463 e. The van der Waals surface area contributed by atoms with Crippen LogP contribution < -0.4 is 0 Å². The van der Waals surface area contributed by atoms with Crippen molar-refractivity contribution >= 4 is 15.7 Å². The number of hydrogen-bond acceptors (Lipinski definition) is 3. The lowest BCUT2D eigenvalue weighted by Crippen LogP contribution is -2.22. The van der Waals surface area contributed by atoms with Crippen LogP contribution in [0, 0.1) is 0 Å². The van der Waals surface area contributed by atoms with Crippen molar-refractivity contribution in [2.45, 2.75) is 52.4 Å². The van der Waals surface area contributed by atoms with Crippen LogP contribution in [0.25, 0.3) is 0 Å². The van der Waals surface area contributed by atoms with E-state index in [0.29, 0.717) is 0 Å². The molecule has 0 saturated heterocycles. The molecule has 0 rings (SSSR count). The standard InChI is InChI=1S/C9H20O3Si/c1-6(2)11-9(10)8(5)13-12-7(3)4/h6-8H,13H2,1-5H3. The summed E-state index contributed by atoms with van der Waals surface area (Å²) < 4.78 is 10.5. The van der Waals surface area contributed by atoms with Gasteiger partial charge in [-0.1, -0.05) is 6.92 Å². The molecule has 0 bridgehead atoms. The normalized spacial score (nSPS) is 14.4. The number of rotatable bonds is 5.